The molecule has 0 fully saturated rings. The number of aromatic nitrogens is 3. The van der Waals surface area contributed by atoms with Gasteiger partial charge in [0.1, 0.15) is 16.6 Å². The second kappa shape index (κ2) is 11.0. The molecule has 8 nitrogen and oxygen atoms in total. The van der Waals surface area contributed by atoms with Gasteiger partial charge < -0.3 is 19.4 Å². The molecule has 0 saturated heterocycles. The second-order valence-electron chi connectivity index (χ2n) is 6.89. The Balaban J connectivity index is 1.62. The van der Waals surface area contributed by atoms with Crippen molar-refractivity contribution in [1.82, 2.24) is 14.8 Å². The number of halogens is 2. The van der Waals surface area contributed by atoms with Crippen LogP contribution in [0.25, 0.3) is 0 Å². The zero-order valence-electron chi connectivity index (χ0n) is 18.3. The lowest BCUT2D eigenvalue weighted by Gasteiger charge is -2.15. The number of hydrogen-bond acceptors (Lipinski definition) is 8. The summed E-state index contributed by atoms with van der Waals surface area (Å²) in [6, 6.07) is 5.56. The highest BCUT2D eigenvalue weighted by Gasteiger charge is 2.21. The molecule has 0 bridgehead atoms. The van der Waals surface area contributed by atoms with Gasteiger partial charge in [-0.15, -0.1) is 21.5 Å². The van der Waals surface area contributed by atoms with Crippen LogP contribution in [0, 0.1) is 12.7 Å². The number of hydrogen-bond donors (Lipinski definition) is 1. The van der Waals surface area contributed by atoms with Crippen molar-refractivity contribution < 1.29 is 23.5 Å². The number of esters is 1. The lowest BCUT2D eigenvalue weighted by molar-refractivity contribution is -0.113. The van der Waals surface area contributed by atoms with Crippen molar-refractivity contribution in [2.75, 3.05) is 17.7 Å². The molecule has 12 heteroatoms. The number of carbonyl (C=O) groups excluding carboxylic acids is 2. The molecule has 0 spiro atoms. The Morgan fingerprint density at radius 1 is 1.33 bits per heavy atom. The molecule has 1 unspecified atom stereocenters. The molecule has 176 valence electrons. The number of anilines is 1. The van der Waals surface area contributed by atoms with Gasteiger partial charge >= 0.3 is 5.97 Å². The summed E-state index contributed by atoms with van der Waals surface area (Å²) in [6.45, 7) is 5.59. The van der Waals surface area contributed by atoms with E-state index in [1.165, 1.54) is 41.3 Å². The largest absolute Gasteiger partial charge is 0.481 e. The molecule has 0 aliphatic carbocycles. The molecule has 0 radical (unpaired) electrons. The molecule has 1 amide bonds. The first kappa shape index (κ1) is 25.0. The van der Waals surface area contributed by atoms with E-state index >= 15 is 0 Å². The average molecular weight is 513 g/mol. The monoisotopic (exact) mass is 512 g/mol. The first-order chi connectivity index (χ1) is 15.7. The molecule has 3 aromatic rings. The minimum atomic E-state index is -0.519. The van der Waals surface area contributed by atoms with E-state index < -0.39 is 17.9 Å². The van der Waals surface area contributed by atoms with Crippen LogP contribution in [0.4, 0.5) is 9.39 Å². The van der Waals surface area contributed by atoms with Crippen molar-refractivity contribution in [2.45, 2.75) is 32.0 Å². The molecule has 1 N–H and O–H groups in total. The van der Waals surface area contributed by atoms with Crippen molar-refractivity contribution in [2.24, 2.45) is 7.05 Å². The van der Waals surface area contributed by atoms with Crippen LogP contribution in [-0.4, -0.2) is 39.0 Å². The van der Waals surface area contributed by atoms with Gasteiger partial charge in [0.2, 0.25) is 5.91 Å². The number of benzene rings is 1. The van der Waals surface area contributed by atoms with Crippen LogP contribution in [0.3, 0.4) is 0 Å². The number of thioether (sulfide) groups is 1. The van der Waals surface area contributed by atoms with Crippen molar-refractivity contribution >= 4 is 51.6 Å². The van der Waals surface area contributed by atoms with E-state index in [9.17, 15) is 14.0 Å². The van der Waals surface area contributed by atoms with Gasteiger partial charge in [0, 0.05) is 11.9 Å². The van der Waals surface area contributed by atoms with Gasteiger partial charge in [-0.25, -0.2) is 9.18 Å². The van der Waals surface area contributed by atoms with Gasteiger partial charge in [0.15, 0.2) is 17.1 Å². The van der Waals surface area contributed by atoms with Crippen LogP contribution in [0.1, 0.15) is 41.0 Å². The van der Waals surface area contributed by atoms with Gasteiger partial charge in [-0.3, -0.25) is 4.79 Å². The van der Waals surface area contributed by atoms with Crippen LogP contribution in [-0.2, 0) is 16.6 Å². The van der Waals surface area contributed by atoms with Crippen LogP contribution in [0.15, 0.2) is 29.4 Å². The number of nitrogens with zero attached hydrogens (tertiary/aromatic N) is 3. The second-order valence-corrected chi connectivity index (χ2v) is 9.50. The Morgan fingerprint density at radius 2 is 2.09 bits per heavy atom. The molecule has 0 saturated carbocycles. The van der Waals surface area contributed by atoms with Gasteiger partial charge in [-0.1, -0.05) is 23.4 Å². The van der Waals surface area contributed by atoms with E-state index in [2.05, 4.69) is 15.5 Å². The van der Waals surface area contributed by atoms with Crippen LogP contribution in [0.5, 0.6) is 5.75 Å². The van der Waals surface area contributed by atoms with Crippen molar-refractivity contribution in [3.63, 3.8) is 0 Å². The Bertz CT molecular complexity index is 1170. The van der Waals surface area contributed by atoms with Crippen molar-refractivity contribution in [3.05, 3.63) is 51.4 Å². The van der Waals surface area contributed by atoms with E-state index in [-0.39, 0.29) is 23.3 Å². The molecule has 33 heavy (non-hydrogen) atoms. The van der Waals surface area contributed by atoms with Crippen molar-refractivity contribution in [3.8, 4) is 5.75 Å². The Morgan fingerprint density at radius 3 is 2.79 bits per heavy atom. The number of rotatable bonds is 9. The number of thiophene rings is 1. The summed E-state index contributed by atoms with van der Waals surface area (Å²) in [7, 11) is 1.75. The van der Waals surface area contributed by atoms with E-state index in [0.29, 0.717) is 27.3 Å². The highest BCUT2D eigenvalue weighted by molar-refractivity contribution is 7.99. The van der Waals surface area contributed by atoms with E-state index in [1.54, 1.807) is 31.5 Å². The van der Waals surface area contributed by atoms with E-state index in [1.807, 2.05) is 6.92 Å². The van der Waals surface area contributed by atoms with Crippen LogP contribution < -0.4 is 10.1 Å². The topological polar surface area (TPSA) is 95.3 Å². The highest BCUT2D eigenvalue weighted by Crippen LogP contribution is 2.31. The molecule has 1 atom stereocenters. The summed E-state index contributed by atoms with van der Waals surface area (Å²) in [6.07, 6.45) is -0.519. The minimum Gasteiger partial charge on any atom is -0.481 e. The third-order valence-electron chi connectivity index (χ3n) is 4.37. The van der Waals surface area contributed by atoms with Crippen molar-refractivity contribution in [1.29, 1.82) is 0 Å². The van der Waals surface area contributed by atoms with E-state index in [4.69, 9.17) is 21.1 Å². The maximum absolute atomic E-state index is 13.2. The van der Waals surface area contributed by atoms with E-state index in [0.717, 1.165) is 4.88 Å². The predicted octanol–water partition coefficient (Wildman–Crippen LogP) is 5.03. The number of carbonyl (C=O) groups is 2. The Labute approximate surface area is 203 Å². The zero-order chi connectivity index (χ0) is 24.1. The summed E-state index contributed by atoms with van der Waals surface area (Å²) < 4.78 is 25.8. The number of aryl methyl sites for hydroxylation is 1. The number of ether oxygens (including phenoxy) is 2. The summed E-state index contributed by atoms with van der Waals surface area (Å²) >= 11 is 8.52. The zero-order valence-corrected chi connectivity index (χ0v) is 20.7. The molecular weight excluding hydrogens is 491 g/mol. The first-order valence-corrected chi connectivity index (χ1v) is 12.1. The van der Waals surface area contributed by atoms with Gasteiger partial charge in [-0.2, -0.15) is 0 Å². The van der Waals surface area contributed by atoms with Gasteiger partial charge in [0.05, 0.1) is 22.9 Å². The third-order valence-corrected chi connectivity index (χ3v) is 6.65. The van der Waals surface area contributed by atoms with Crippen LogP contribution in [0.2, 0.25) is 5.02 Å². The fraction of sp³-hybridized carbons (Fsp3) is 0.333. The summed E-state index contributed by atoms with van der Waals surface area (Å²) in [5, 5.41) is 12.1. The van der Waals surface area contributed by atoms with Gasteiger partial charge in [-0.05, 0) is 45.0 Å². The number of amides is 1. The molecule has 2 heterocycles. The lowest BCUT2D eigenvalue weighted by atomic mass is 10.3. The standard InChI is InChI=1S/C21H22ClFN4O4S2/c1-5-30-20(29)14-8-11(2)33-19(14)24-17(28)10-32-21-26-25-18(27(21)4)12(3)31-16-7-6-13(23)9-15(16)22/h6-9,12H,5,10H2,1-4H3,(H,24,28). The molecule has 2 aromatic heterocycles. The quantitative estimate of drug-likeness (QED) is 0.317. The Hall–Kier alpha value is -2.63. The Kier molecular flexibility index (Phi) is 8.33. The molecule has 3 rings (SSSR count). The smallest absolute Gasteiger partial charge is 0.341 e. The average Bonchev–Trinajstić information content (AvgIpc) is 3.30. The molecule has 1 aromatic carbocycles. The summed E-state index contributed by atoms with van der Waals surface area (Å²) in [4.78, 5) is 25.5. The maximum atomic E-state index is 13.2. The SMILES string of the molecule is CCOC(=O)c1cc(C)sc1NC(=O)CSc1nnc(C(C)Oc2ccc(F)cc2Cl)n1C. The molecular formula is C21H22ClFN4O4S2. The predicted molar refractivity (Wildman–Crippen MR) is 126 cm³/mol. The fourth-order valence-electron chi connectivity index (χ4n) is 2.88. The highest BCUT2D eigenvalue weighted by atomic mass is 35.5. The molecule has 0 aliphatic rings. The summed E-state index contributed by atoms with van der Waals surface area (Å²) in [5.41, 5.74) is 0.337. The maximum Gasteiger partial charge on any atom is 0.341 e. The summed E-state index contributed by atoms with van der Waals surface area (Å²) in [5.74, 6) is -0.327. The minimum absolute atomic E-state index is 0.0597. The lowest BCUT2D eigenvalue weighted by Crippen LogP contribution is -2.16. The molecule has 0 aliphatic heterocycles. The third kappa shape index (κ3) is 6.24. The first-order valence-electron chi connectivity index (χ1n) is 9.90. The fourth-order valence-corrected chi connectivity index (χ4v) is 4.73. The number of nitrogens with one attached hydrogen (secondary N) is 1. The van der Waals surface area contributed by atoms with Gasteiger partial charge in [0.25, 0.3) is 0 Å². The van der Waals surface area contributed by atoms with Crippen LogP contribution >= 0.6 is 34.7 Å². The normalized spacial score (nSPS) is 11.8.